The van der Waals surface area contributed by atoms with Crippen molar-refractivity contribution in [2.24, 2.45) is 13.0 Å². The molecule has 1 aromatic heterocycles. The van der Waals surface area contributed by atoms with Crippen LogP contribution >= 0.6 is 24.8 Å². The van der Waals surface area contributed by atoms with Crippen LogP contribution in [0.3, 0.4) is 0 Å². The summed E-state index contributed by atoms with van der Waals surface area (Å²) in [5, 5.41) is 1.30. The van der Waals surface area contributed by atoms with Gasteiger partial charge in [-0.05, 0) is 49.9 Å². The number of aryl methyl sites for hydroxylation is 1. The second kappa shape index (κ2) is 11.4. The molecule has 7 heteroatoms. The van der Waals surface area contributed by atoms with E-state index in [9.17, 15) is 4.79 Å². The zero-order valence-electron chi connectivity index (χ0n) is 18.3. The number of piperidine rings is 1. The van der Waals surface area contributed by atoms with E-state index in [1.807, 2.05) is 0 Å². The number of carbonyl (C=O) groups excluding carboxylic acids is 1. The minimum Gasteiger partial charge on any atom is -0.346 e. The maximum atomic E-state index is 13.1. The quantitative estimate of drug-likeness (QED) is 0.688. The maximum Gasteiger partial charge on any atom is 0.227 e. The normalized spacial score (nSPS) is 20.6. The Morgan fingerprint density at radius 3 is 2.47 bits per heavy atom. The van der Waals surface area contributed by atoms with E-state index in [-0.39, 0.29) is 30.7 Å². The van der Waals surface area contributed by atoms with Gasteiger partial charge < -0.3 is 9.47 Å². The zero-order valence-corrected chi connectivity index (χ0v) is 19.9. The average Bonchev–Trinajstić information content (AvgIpc) is 3.04. The number of carbonyl (C=O) groups is 1. The molecule has 0 radical (unpaired) electrons. The smallest absolute Gasteiger partial charge is 0.227 e. The summed E-state index contributed by atoms with van der Waals surface area (Å²) in [5.41, 5.74) is 2.62. The van der Waals surface area contributed by atoms with Crippen LogP contribution in [0.2, 0.25) is 0 Å². The Balaban J connectivity index is 0.00000160. The highest BCUT2D eigenvalue weighted by atomic mass is 35.5. The molecular weight excluding hydrogens is 419 g/mol. The fraction of sp³-hybridized carbons (Fsp3) is 0.609. The van der Waals surface area contributed by atoms with E-state index in [0.717, 1.165) is 65.2 Å². The number of likely N-dealkylation sites (tertiary alicyclic amines) is 1. The molecule has 0 saturated carbocycles. The van der Waals surface area contributed by atoms with Crippen molar-refractivity contribution in [2.75, 3.05) is 45.8 Å². The van der Waals surface area contributed by atoms with Crippen molar-refractivity contribution in [3.05, 3.63) is 36.0 Å². The number of nitrogens with zero attached hydrogens (tertiary/aromatic N) is 4. The molecule has 5 nitrogen and oxygen atoms in total. The van der Waals surface area contributed by atoms with Crippen LogP contribution in [0.15, 0.2) is 30.3 Å². The lowest BCUT2D eigenvalue weighted by molar-refractivity contribution is -0.139. The molecule has 1 atom stereocenters. The molecule has 0 N–H and O–H groups in total. The fourth-order valence-electron chi connectivity index (χ4n) is 4.89. The van der Waals surface area contributed by atoms with Crippen molar-refractivity contribution in [2.45, 2.75) is 32.7 Å². The zero-order chi connectivity index (χ0) is 19.5. The molecule has 30 heavy (non-hydrogen) atoms. The van der Waals surface area contributed by atoms with E-state index in [1.54, 1.807) is 0 Å². The first-order chi connectivity index (χ1) is 13.7. The Bertz CT molecular complexity index is 817. The molecule has 168 valence electrons. The Morgan fingerprint density at radius 1 is 1.03 bits per heavy atom. The van der Waals surface area contributed by atoms with Crippen molar-refractivity contribution < 1.29 is 4.79 Å². The van der Waals surface area contributed by atoms with Crippen molar-refractivity contribution in [1.82, 2.24) is 19.3 Å². The largest absolute Gasteiger partial charge is 0.346 e. The maximum absolute atomic E-state index is 13.1. The Kier molecular flexibility index (Phi) is 9.48. The van der Waals surface area contributed by atoms with E-state index in [1.165, 1.54) is 23.0 Å². The van der Waals surface area contributed by atoms with Gasteiger partial charge in [0, 0.05) is 57.5 Å². The van der Waals surface area contributed by atoms with Gasteiger partial charge in [-0.2, -0.15) is 0 Å². The summed E-state index contributed by atoms with van der Waals surface area (Å²) in [7, 11) is 2.15. The Labute approximate surface area is 193 Å². The van der Waals surface area contributed by atoms with Gasteiger partial charge in [-0.3, -0.25) is 14.6 Å². The summed E-state index contributed by atoms with van der Waals surface area (Å²) >= 11 is 0. The van der Waals surface area contributed by atoms with Crippen molar-refractivity contribution >= 4 is 41.6 Å². The molecule has 4 rings (SSSR count). The van der Waals surface area contributed by atoms with E-state index in [4.69, 9.17) is 0 Å². The number of fused-ring (bicyclic) bond motifs is 1. The number of hydrogen-bond acceptors (Lipinski definition) is 3. The molecular formula is C23H36Cl2N4O. The topological polar surface area (TPSA) is 31.7 Å². The van der Waals surface area contributed by atoms with Gasteiger partial charge in [-0.1, -0.05) is 25.1 Å². The Hall–Kier alpha value is -1.27. The highest BCUT2D eigenvalue weighted by molar-refractivity contribution is 5.85. The first kappa shape index (κ1) is 25.0. The molecule has 2 aromatic rings. The molecule has 0 bridgehead atoms. The second-order valence-corrected chi connectivity index (χ2v) is 8.49. The van der Waals surface area contributed by atoms with Crippen LogP contribution in [-0.4, -0.2) is 71.0 Å². The molecule has 2 saturated heterocycles. The van der Waals surface area contributed by atoms with Crippen LogP contribution in [0.5, 0.6) is 0 Å². The minimum absolute atomic E-state index is 0. The predicted molar refractivity (Wildman–Crippen MR) is 129 cm³/mol. The van der Waals surface area contributed by atoms with Crippen LogP contribution in [0, 0.1) is 5.92 Å². The SMILES string of the molecule is CCCN1CCN(C(=O)C2CCCN(Cc3cc4ccccc4n3C)C2)CC1.Cl.Cl. The number of piperazine rings is 1. The summed E-state index contributed by atoms with van der Waals surface area (Å²) in [6.07, 6.45) is 3.36. The lowest BCUT2D eigenvalue weighted by Crippen LogP contribution is -2.52. The first-order valence-corrected chi connectivity index (χ1v) is 10.9. The monoisotopic (exact) mass is 454 g/mol. The number of aromatic nitrogens is 1. The summed E-state index contributed by atoms with van der Waals surface area (Å²) in [6.45, 7) is 10.2. The molecule has 1 unspecified atom stereocenters. The molecule has 2 fully saturated rings. The minimum atomic E-state index is 0. The van der Waals surface area contributed by atoms with Crippen LogP contribution in [0.4, 0.5) is 0 Å². The highest BCUT2D eigenvalue weighted by Crippen LogP contribution is 2.24. The Morgan fingerprint density at radius 2 is 1.77 bits per heavy atom. The van der Waals surface area contributed by atoms with Crippen LogP contribution in [-0.2, 0) is 18.4 Å². The number of hydrogen-bond donors (Lipinski definition) is 0. The summed E-state index contributed by atoms with van der Waals surface area (Å²) in [4.78, 5) is 20.2. The third-order valence-corrected chi connectivity index (χ3v) is 6.52. The molecule has 2 aliphatic rings. The van der Waals surface area contributed by atoms with Gasteiger partial charge in [0.25, 0.3) is 0 Å². The molecule has 2 aliphatic heterocycles. The fourth-order valence-corrected chi connectivity index (χ4v) is 4.89. The van der Waals surface area contributed by atoms with Gasteiger partial charge in [-0.15, -0.1) is 24.8 Å². The van der Waals surface area contributed by atoms with Crippen molar-refractivity contribution in [3.8, 4) is 0 Å². The molecule has 1 amide bonds. The molecule has 3 heterocycles. The lowest BCUT2D eigenvalue weighted by Gasteiger charge is -2.39. The van der Waals surface area contributed by atoms with E-state index in [0.29, 0.717) is 5.91 Å². The van der Waals surface area contributed by atoms with Gasteiger partial charge in [0.2, 0.25) is 5.91 Å². The molecule has 0 spiro atoms. The van der Waals surface area contributed by atoms with E-state index < -0.39 is 0 Å². The van der Waals surface area contributed by atoms with Crippen LogP contribution in [0.1, 0.15) is 31.9 Å². The third kappa shape index (κ3) is 5.50. The standard InChI is InChI=1S/C23H34N4O.2ClH/c1-3-10-25-12-14-27(15-13-25)23(28)20-8-6-11-26(17-20)18-21-16-19-7-4-5-9-22(19)24(21)2;;/h4-5,7,9,16,20H,3,6,8,10-15,17-18H2,1-2H3;2*1H. The van der Waals surface area contributed by atoms with Gasteiger partial charge >= 0.3 is 0 Å². The number of para-hydroxylation sites is 1. The molecule has 0 aliphatic carbocycles. The van der Waals surface area contributed by atoms with Crippen LogP contribution < -0.4 is 0 Å². The average molecular weight is 455 g/mol. The van der Waals surface area contributed by atoms with Gasteiger partial charge in [0.05, 0.1) is 5.92 Å². The van der Waals surface area contributed by atoms with Crippen molar-refractivity contribution in [3.63, 3.8) is 0 Å². The summed E-state index contributed by atoms with van der Waals surface area (Å²) in [6, 6.07) is 10.9. The lowest BCUT2D eigenvalue weighted by atomic mass is 9.96. The third-order valence-electron chi connectivity index (χ3n) is 6.52. The predicted octanol–water partition coefficient (Wildman–Crippen LogP) is 3.79. The first-order valence-electron chi connectivity index (χ1n) is 10.9. The van der Waals surface area contributed by atoms with Crippen molar-refractivity contribution in [1.29, 1.82) is 0 Å². The molecule has 1 aromatic carbocycles. The van der Waals surface area contributed by atoms with Crippen LogP contribution in [0.25, 0.3) is 10.9 Å². The van der Waals surface area contributed by atoms with E-state index >= 15 is 0 Å². The number of benzene rings is 1. The van der Waals surface area contributed by atoms with Gasteiger partial charge in [-0.25, -0.2) is 0 Å². The number of halogens is 2. The van der Waals surface area contributed by atoms with Gasteiger partial charge in [0.15, 0.2) is 0 Å². The number of rotatable bonds is 5. The second-order valence-electron chi connectivity index (χ2n) is 8.49. The van der Waals surface area contributed by atoms with E-state index in [2.05, 4.69) is 63.6 Å². The summed E-state index contributed by atoms with van der Waals surface area (Å²) in [5.74, 6) is 0.555. The number of amides is 1. The highest BCUT2D eigenvalue weighted by Gasteiger charge is 2.31. The summed E-state index contributed by atoms with van der Waals surface area (Å²) < 4.78 is 2.30. The van der Waals surface area contributed by atoms with Gasteiger partial charge in [0.1, 0.15) is 0 Å².